The molecule has 1 amide bonds. The van der Waals surface area contributed by atoms with Crippen LogP contribution < -0.4 is 10.6 Å². The number of fused-ring (bicyclic) bond motifs is 1. The van der Waals surface area contributed by atoms with E-state index in [1.165, 1.54) is 25.7 Å². The number of aryl methyl sites for hydroxylation is 1. The predicted molar refractivity (Wildman–Crippen MR) is 67.2 cm³/mol. The number of nitrogens with zero attached hydrogens (tertiary/aromatic N) is 1. The van der Waals surface area contributed by atoms with Crippen molar-refractivity contribution in [2.24, 2.45) is 5.92 Å². The maximum Gasteiger partial charge on any atom is 0.242 e. The van der Waals surface area contributed by atoms with Crippen LogP contribution in [0.15, 0.2) is 10.6 Å². The van der Waals surface area contributed by atoms with Gasteiger partial charge < -0.3 is 15.2 Å². The van der Waals surface area contributed by atoms with E-state index in [-0.39, 0.29) is 11.9 Å². The quantitative estimate of drug-likeness (QED) is 0.839. The maximum absolute atomic E-state index is 12.1. The number of aromatic nitrogens is 1. The largest absolute Gasteiger partial charge is 0.360 e. The molecule has 1 aliphatic carbocycles. The van der Waals surface area contributed by atoms with Gasteiger partial charge in [-0.2, -0.15) is 0 Å². The fraction of sp³-hybridized carbons (Fsp3) is 0.692. The van der Waals surface area contributed by atoms with Gasteiger partial charge in [0.05, 0.1) is 6.04 Å². The van der Waals surface area contributed by atoms with Crippen LogP contribution in [-0.2, 0) is 4.79 Å². The molecule has 2 aliphatic rings. The molecular weight excluding hydrogens is 230 g/mol. The zero-order valence-corrected chi connectivity index (χ0v) is 10.6. The van der Waals surface area contributed by atoms with Crippen molar-refractivity contribution in [3.05, 3.63) is 11.8 Å². The molecule has 2 N–H and O–H groups in total. The number of nitrogens with one attached hydrogen (secondary N) is 2. The zero-order valence-electron chi connectivity index (χ0n) is 10.6. The molecule has 98 valence electrons. The van der Waals surface area contributed by atoms with Crippen molar-refractivity contribution >= 4 is 11.7 Å². The molecule has 18 heavy (non-hydrogen) atoms. The topological polar surface area (TPSA) is 67.2 Å². The smallest absolute Gasteiger partial charge is 0.242 e. The highest BCUT2D eigenvalue weighted by molar-refractivity contribution is 5.94. The second kappa shape index (κ2) is 4.72. The average molecular weight is 249 g/mol. The molecule has 0 bridgehead atoms. The molecule has 5 nitrogen and oxygen atoms in total. The van der Waals surface area contributed by atoms with Gasteiger partial charge in [0, 0.05) is 12.1 Å². The van der Waals surface area contributed by atoms with Crippen LogP contribution >= 0.6 is 0 Å². The van der Waals surface area contributed by atoms with Gasteiger partial charge in [-0.3, -0.25) is 4.79 Å². The Kier molecular flexibility index (Phi) is 3.07. The van der Waals surface area contributed by atoms with Crippen molar-refractivity contribution in [1.82, 2.24) is 10.5 Å². The van der Waals surface area contributed by atoms with Crippen molar-refractivity contribution in [2.45, 2.75) is 51.1 Å². The van der Waals surface area contributed by atoms with E-state index in [2.05, 4.69) is 15.8 Å². The molecule has 3 atom stereocenters. The summed E-state index contributed by atoms with van der Waals surface area (Å²) in [5, 5.41) is 10.0. The number of amides is 1. The Morgan fingerprint density at radius 1 is 1.50 bits per heavy atom. The first-order valence-electron chi connectivity index (χ1n) is 6.72. The zero-order chi connectivity index (χ0) is 12.5. The van der Waals surface area contributed by atoms with Gasteiger partial charge >= 0.3 is 0 Å². The molecule has 0 spiro atoms. The molecule has 3 rings (SSSR count). The number of hydrogen-bond donors (Lipinski definition) is 2. The van der Waals surface area contributed by atoms with Crippen molar-refractivity contribution in [1.29, 1.82) is 0 Å². The van der Waals surface area contributed by atoms with E-state index in [0.717, 1.165) is 6.42 Å². The van der Waals surface area contributed by atoms with Crippen LogP contribution in [0.1, 0.15) is 37.9 Å². The lowest BCUT2D eigenvalue weighted by molar-refractivity contribution is -0.117. The highest BCUT2D eigenvalue weighted by Gasteiger charge is 2.38. The molecule has 5 heteroatoms. The van der Waals surface area contributed by atoms with E-state index < -0.39 is 0 Å². The van der Waals surface area contributed by atoms with E-state index in [1.54, 1.807) is 6.07 Å². The Morgan fingerprint density at radius 2 is 2.33 bits per heavy atom. The van der Waals surface area contributed by atoms with Crippen LogP contribution in [0.25, 0.3) is 0 Å². The fourth-order valence-corrected chi connectivity index (χ4v) is 3.16. The molecule has 1 saturated carbocycles. The summed E-state index contributed by atoms with van der Waals surface area (Å²) >= 11 is 0. The highest BCUT2D eigenvalue weighted by Crippen LogP contribution is 2.33. The van der Waals surface area contributed by atoms with Gasteiger partial charge in [0.15, 0.2) is 5.82 Å². The van der Waals surface area contributed by atoms with Gasteiger partial charge in [-0.1, -0.05) is 18.0 Å². The summed E-state index contributed by atoms with van der Waals surface area (Å²) in [6.07, 6.45) is 6.00. The van der Waals surface area contributed by atoms with Gasteiger partial charge in [0.25, 0.3) is 0 Å². The summed E-state index contributed by atoms with van der Waals surface area (Å²) in [6, 6.07) is 2.20. The Balaban J connectivity index is 1.60. The van der Waals surface area contributed by atoms with Gasteiger partial charge in [0.1, 0.15) is 5.76 Å². The van der Waals surface area contributed by atoms with Crippen molar-refractivity contribution < 1.29 is 9.32 Å². The summed E-state index contributed by atoms with van der Waals surface area (Å²) < 4.78 is 4.94. The van der Waals surface area contributed by atoms with Gasteiger partial charge in [-0.25, -0.2) is 0 Å². The predicted octanol–water partition coefficient (Wildman–Crippen LogP) is 1.84. The van der Waals surface area contributed by atoms with Crippen molar-refractivity contribution in [2.75, 3.05) is 5.32 Å². The minimum Gasteiger partial charge on any atom is -0.360 e. The van der Waals surface area contributed by atoms with Crippen LogP contribution in [0.2, 0.25) is 0 Å². The molecule has 1 saturated heterocycles. The Morgan fingerprint density at radius 3 is 3.06 bits per heavy atom. The molecule has 1 aromatic heterocycles. The standard InChI is InChI=1S/C13H19N3O2/c1-8-6-12(16-18-8)15-13(17)11-7-9-4-2-3-5-10(9)14-11/h6,9-11,14H,2-5,7H2,1H3,(H,15,16,17). The number of anilines is 1. The summed E-state index contributed by atoms with van der Waals surface area (Å²) in [4.78, 5) is 12.1. The third kappa shape index (κ3) is 2.27. The Labute approximate surface area is 106 Å². The highest BCUT2D eigenvalue weighted by atomic mass is 16.5. The Hall–Kier alpha value is -1.36. The second-order valence-corrected chi connectivity index (χ2v) is 5.42. The van der Waals surface area contributed by atoms with Crippen molar-refractivity contribution in [3.63, 3.8) is 0 Å². The van der Waals surface area contributed by atoms with E-state index >= 15 is 0 Å². The molecular formula is C13H19N3O2. The third-order valence-corrected chi connectivity index (χ3v) is 4.06. The molecule has 2 heterocycles. The first-order chi connectivity index (χ1) is 8.72. The van der Waals surface area contributed by atoms with Crippen LogP contribution in [-0.4, -0.2) is 23.1 Å². The normalized spacial score (nSPS) is 31.1. The minimum absolute atomic E-state index is 0.0118. The van der Waals surface area contributed by atoms with E-state index in [4.69, 9.17) is 4.52 Å². The van der Waals surface area contributed by atoms with Crippen LogP contribution in [0, 0.1) is 12.8 Å². The average Bonchev–Trinajstić information content (AvgIpc) is 2.95. The number of hydrogen-bond acceptors (Lipinski definition) is 4. The van der Waals surface area contributed by atoms with Crippen LogP contribution in [0.3, 0.4) is 0 Å². The molecule has 0 radical (unpaired) electrons. The van der Waals surface area contributed by atoms with Crippen LogP contribution in [0.5, 0.6) is 0 Å². The SMILES string of the molecule is Cc1cc(NC(=O)C2CC3CCCCC3N2)no1. The van der Waals surface area contributed by atoms with E-state index in [1.807, 2.05) is 6.92 Å². The van der Waals surface area contributed by atoms with Crippen LogP contribution in [0.4, 0.5) is 5.82 Å². The molecule has 0 aromatic carbocycles. The second-order valence-electron chi connectivity index (χ2n) is 5.42. The van der Waals surface area contributed by atoms with Gasteiger partial charge in [-0.15, -0.1) is 0 Å². The molecule has 3 unspecified atom stereocenters. The number of rotatable bonds is 2. The monoisotopic (exact) mass is 249 g/mol. The summed E-state index contributed by atoms with van der Waals surface area (Å²) in [7, 11) is 0. The first kappa shape index (κ1) is 11.7. The summed E-state index contributed by atoms with van der Waals surface area (Å²) in [5.41, 5.74) is 0. The van der Waals surface area contributed by atoms with Crippen molar-refractivity contribution in [3.8, 4) is 0 Å². The summed E-state index contributed by atoms with van der Waals surface area (Å²) in [6.45, 7) is 1.81. The number of carbonyl (C=O) groups excluding carboxylic acids is 1. The first-order valence-corrected chi connectivity index (χ1v) is 6.72. The third-order valence-electron chi connectivity index (χ3n) is 4.06. The lowest BCUT2D eigenvalue weighted by Gasteiger charge is -2.24. The Bertz CT molecular complexity index is 429. The molecule has 1 aliphatic heterocycles. The minimum atomic E-state index is -0.0740. The lowest BCUT2D eigenvalue weighted by Crippen LogP contribution is -2.39. The molecule has 2 fully saturated rings. The fourth-order valence-electron chi connectivity index (χ4n) is 3.16. The summed E-state index contributed by atoms with van der Waals surface area (Å²) in [5.74, 6) is 1.90. The van der Waals surface area contributed by atoms with Gasteiger partial charge in [-0.05, 0) is 32.1 Å². The van der Waals surface area contributed by atoms with Gasteiger partial charge in [0.2, 0.25) is 5.91 Å². The maximum atomic E-state index is 12.1. The lowest BCUT2D eigenvalue weighted by atomic mass is 9.85. The van der Waals surface area contributed by atoms with E-state index in [0.29, 0.717) is 23.5 Å². The number of carbonyl (C=O) groups is 1. The molecule has 1 aromatic rings. The van der Waals surface area contributed by atoms with E-state index in [9.17, 15) is 4.79 Å².